The zero-order valence-corrected chi connectivity index (χ0v) is 11.4. The Kier molecular flexibility index (Phi) is 3.87. The summed E-state index contributed by atoms with van der Waals surface area (Å²) in [7, 11) is 0. The van der Waals surface area contributed by atoms with Gasteiger partial charge in [0.15, 0.2) is 0 Å². The zero-order chi connectivity index (χ0) is 13.0. The van der Waals surface area contributed by atoms with Crippen molar-refractivity contribution in [2.75, 3.05) is 0 Å². The molecule has 0 aliphatic rings. The van der Waals surface area contributed by atoms with Gasteiger partial charge in [-0.15, -0.1) is 0 Å². The average molecular weight is 256 g/mol. The lowest BCUT2D eigenvalue weighted by atomic mass is 10.0. The van der Waals surface area contributed by atoms with Crippen molar-refractivity contribution >= 4 is 16.9 Å². The molecule has 0 unspecified atom stereocenters. The van der Waals surface area contributed by atoms with Gasteiger partial charge in [0.2, 0.25) is 5.12 Å². The normalized spacial score (nSPS) is 11.2. The second-order valence-electron chi connectivity index (χ2n) is 4.63. The molecule has 0 aliphatic carbocycles. The van der Waals surface area contributed by atoms with Crippen LogP contribution in [0.1, 0.15) is 29.8 Å². The number of hydrogen-bond acceptors (Lipinski definition) is 2. The number of benzene rings is 2. The smallest absolute Gasteiger partial charge is 0.220 e. The molecule has 0 spiro atoms. The summed E-state index contributed by atoms with van der Waals surface area (Å²) in [6.45, 7) is 4.15. The largest absolute Gasteiger partial charge is 0.282 e. The molecule has 0 aliphatic heterocycles. The number of carbonyl (C=O) groups excluding carboxylic acids is 1. The van der Waals surface area contributed by atoms with Crippen molar-refractivity contribution in [3.8, 4) is 0 Å². The maximum atomic E-state index is 12.2. The van der Waals surface area contributed by atoms with Crippen molar-refractivity contribution in [1.82, 2.24) is 0 Å². The van der Waals surface area contributed by atoms with E-state index in [1.165, 1.54) is 17.3 Å². The quantitative estimate of drug-likeness (QED) is 0.804. The predicted octanol–water partition coefficient (Wildman–Crippen LogP) is 4.50. The van der Waals surface area contributed by atoms with Crippen LogP contribution >= 0.6 is 11.8 Å². The molecule has 0 radical (unpaired) electrons. The van der Waals surface area contributed by atoms with Gasteiger partial charge in [-0.2, -0.15) is 0 Å². The maximum Gasteiger partial charge on any atom is 0.220 e. The Morgan fingerprint density at radius 3 is 1.94 bits per heavy atom. The molecular weight excluding hydrogens is 240 g/mol. The van der Waals surface area contributed by atoms with Crippen molar-refractivity contribution in [2.24, 2.45) is 0 Å². The first-order valence-electron chi connectivity index (χ1n) is 5.93. The second kappa shape index (κ2) is 5.40. The van der Waals surface area contributed by atoms with Crippen molar-refractivity contribution in [3.63, 3.8) is 0 Å². The van der Waals surface area contributed by atoms with E-state index in [-0.39, 0.29) is 9.86 Å². The summed E-state index contributed by atoms with van der Waals surface area (Å²) in [6, 6.07) is 19.5. The molecule has 0 aromatic heterocycles. The highest BCUT2D eigenvalue weighted by molar-refractivity contribution is 8.14. The van der Waals surface area contributed by atoms with Gasteiger partial charge in [0.05, 0.1) is 0 Å². The predicted molar refractivity (Wildman–Crippen MR) is 77.8 cm³/mol. The van der Waals surface area contributed by atoms with Crippen LogP contribution in [0.3, 0.4) is 0 Å². The van der Waals surface area contributed by atoms with Crippen LogP contribution in [-0.4, -0.2) is 5.12 Å². The van der Waals surface area contributed by atoms with Crippen LogP contribution in [-0.2, 0) is 4.75 Å². The second-order valence-corrected chi connectivity index (χ2v) is 6.23. The van der Waals surface area contributed by atoms with Gasteiger partial charge >= 0.3 is 0 Å². The van der Waals surface area contributed by atoms with E-state index in [0.29, 0.717) is 0 Å². The van der Waals surface area contributed by atoms with Crippen LogP contribution in [0.4, 0.5) is 0 Å². The minimum Gasteiger partial charge on any atom is -0.282 e. The Labute approximate surface area is 112 Å². The average Bonchev–Trinajstić information content (AvgIpc) is 2.40. The molecule has 0 bridgehead atoms. The van der Waals surface area contributed by atoms with Gasteiger partial charge in [0, 0.05) is 10.3 Å². The minimum absolute atomic E-state index is 0.115. The number of thioether (sulfide) groups is 1. The molecule has 2 heteroatoms. The van der Waals surface area contributed by atoms with E-state index in [0.717, 1.165) is 5.56 Å². The van der Waals surface area contributed by atoms with Gasteiger partial charge in [-0.05, 0) is 19.4 Å². The van der Waals surface area contributed by atoms with Crippen molar-refractivity contribution in [2.45, 2.75) is 18.6 Å². The number of rotatable bonds is 3. The lowest BCUT2D eigenvalue weighted by Crippen LogP contribution is -2.15. The molecule has 0 amide bonds. The third-order valence-corrected chi connectivity index (χ3v) is 3.99. The van der Waals surface area contributed by atoms with Crippen LogP contribution in [0.15, 0.2) is 60.7 Å². The third kappa shape index (κ3) is 3.02. The van der Waals surface area contributed by atoms with Gasteiger partial charge < -0.3 is 0 Å². The van der Waals surface area contributed by atoms with Crippen LogP contribution in [0.5, 0.6) is 0 Å². The van der Waals surface area contributed by atoms with E-state index in [4.69, 9.17) is 0 Å². The van der Waals surface area contributed by atoms with Crippen LogP contribution in [0, 0.1) is 0 Å². The van der Waals surface area contributed by atoms with E-state index in [1.807, 2.05) is 48.5 Å². The van der Waals surface area contributed by atoms with Crippen molar-refractivity contribution < 1.29 is 4.79 Å². The van der Waals surface area contributed by atoms with Gasteiger partial charge in [-0.1, -0.05) is 72.4 Å². The Balaban J connectivity index is 2.17. The SMILES string of the molecule is CC(C)(SC(=O)c1ccccc1)c1ccccc1. The van der Waals surface area contributed by atoms with E-state index in [1.54, 1.807) is 0 Å². The van der Waals surface area contributed by atoms with Crippen molar-refractivity contribution in [1.29, 1.82) is 0 Å². The monoisotopic (exact) mass is 256 g/mol. The number of hydrogen-bond donors (Lipinski definition) is 0. The van der Waals surface area contributed by atoms with E-state index in [9.17, 15) is 4.79 Å². The fraction of sp³-hybridized carbons (Fsp3) is 0.188. The summed E-state index contributed by atoms with van der Waals surface area (Å²) in [6.07, 6.45) is 0. The first-order valence-corrected chi connectivity index (χ1v) is 6.75. The highest BCUT2D eigenvalue weighted by atomic mass is 32.2. The summed E-state index contributed by atoms with van der Waals surface area (Å²) in [5.41, 5.74) is 1.92. The molecule has 0 saturated carbocycles. The van der Waals surface area contributed by atoms with E-state index < -0.39 is 0 Å². The fourth-order valence-corrected chi connectivity index (χ4v) is 2.73. The highest BCUT2D eigenvalue weighted by Gasteiger charge is 2.25. The molecule has 2 aromatic rings. The molecule has 2 aromatic carbocycles. The first kappa shape index (κ1) is 12.9. The lowest BCUT2D eigenvalue weighted by molar-refractivity contribution is 0.108. The third-order valence-electron chi connectivity index (χ3n) is 2.83. The maximum absolute atomic E-state index is 12.2. The van der Waals surface area contributed by atoms with Gasteiger partial charge in [0.1, 0.15) is 0 Å². The molecule has 0 heterocycles. The topological polar surface area (TPSA) is 17.1 Å². The molecule has 0 atom stereocenters. The molecular formula is C16H16OS. The molecule has 1 nitrogen and oxygen atoms in total. The van der Waals surface area contributed by atoms with E-state index >= 15 is 0 Å². The summed E-state index contributed by atoms with van der Waals surface area (Å²) in [5, 5.41) is 0.115. The Morgan fingerprint density at radius 1 is 0.889 bits per heavy atom. The lowest BCUT2D eigenvalue weighted by Gasteiger charge is -2.23. The fourth-order valence-electron chi connectivity index (χ4n) is 1.76. The Bertz CT molecular complexity index is 517. The van der Waals surface area contributed by atoms with Crippen LogP contribution < -0.4 is 0 Å². The van der Waals surface area contributed by atoms with Crippen LogP contribution in [0.25, 0.3) is 0 Å². The molecule has 2 rings (SSSR count). The summed E-state index contributed by atoms with van der Waals surface area (Å²) >= 11 is 1.37. The molecule has 18 heavy (non-hydrogen) atoms. The van der Waals surface area contributed by atoms with Gasteiger partial charge in [-0.3, -0.25) is 4.79 Å². The summed E-state index contributed by atoms with van der Waals surface area (Å²) in [5.74, 6) is 0. The number of carbonyl (C=O) groups is 1. The Hall–Kier alpha value is -1.54. The van der Waals surface area contributed by atoms with Crippen molar-refractivity contribution in [3.05, 3.63) is 71.8 Å². The molecule has 0 N–H and O–H groups in total. The minimum atomic E-state index is -0.214. The zero-order valence-electron chi connectivity index (χ0n) is 10.6. The highest BCUT2D eigenvalue weighted by Crippen LogP contribution is 2.37. The van der Waals surface area contributed by atoms with Gasteiger partial charge in [-0.25, -0.2) is 0 Å². The standard InChI is InChI=1S/C16H16OS/c1-16(2,14-11-7-4-8-12-14)18-15(17)13-9-5-3-6-10-13/h3-12H,1-2H3. The summed E-state index contributed by atoms with van der Waals surface area (Å²) < 4.78 is -0.214. The van der Waals surface area contributed by atoms with Gasteiger partial charge in [0.25, 0.3) is 0 Å². The van der Waals surface area contributed by atoms with Crippen LogP contribution in [0.2, 0.25) is 0 Å². The first-order chi connectivity index (χ1) is 8.59. The molecule has 0 saturated heterocycles. The molecule has 92 valence electrons. The summed E-state index contributed by atoms with van der Waals surface area (Å²) in [4.78, 5) is 12.2. The molecule has 0 fully saturated rings. The van der Waals surface area contributed by atoms with E-state index in [2.05, 4.69) is 26.0 Å². The Morgan fingerprint density at radius 2 is 1.39 bits per heavy atom.